The Bertz CT molecular complexity index is 592. The Balaban J connectivity index is 2.18. The van der Waals surface area contributed by atoms with Crippen LogP contribution < -0.4 is 11.1 Å². The van der Waals surface area contributed by atoms with Crippen LogP contribution in [0, 0.1) is 6.92 Å². The summed E-state index contributed by atoms with van der Waals surface area (Å²) in [5, 5.41) is 5.66. The van der Waals surface area contributed by atoms with Crippen LogP contribution >= 0.6 is 0 Å². The molecule has 0 bridgehead atoms. The quantitative estimate of drug-likeness (QED) is 0.822. The normalized spacial score (nSPS) is 11.5. The Morgan fingerprint density at radius 2 is 2.05 bits per heavy atom. The first kappa shape index (κ1) is 14.6. The fraction of sp³-hybridized carbons (Fsp3) is 0.438. The molecule has 20 heavy (non-hydrogen) atoms. The lowest BCUT2D eigenvalue weighted by Gasteiger charge is -2.21. The molecule has 0 aliphatic heterocycles. The minimum absolute atomic E-state index is 0.561. The van der Waals surface area contributed by atoms with Gasteiger partial charge in [0.15, 0.2) is 0 Å². The minimum atomic E-state index is 0.561. The summed E-state index contributed by atoms with van der Waals surface area (Å²) >= 11 is 0. The van der Waals surface area contributed by atoms with E-state index in [1.54, 1.807) is 0 Å². The smallest absolute Gasteiger partial charge is 0.0423 e. The van der Waals surface area contributed by atoms with E-state index in [1.807, 2.05) is 25.3 Å². The number of pyridine rings is 1. The average Bonchev–Trinajstić information content (AvgIpc) is 2.41. The summed E-state index contributed by atoms with van der Waals surface area (Å²) in [4.78, 5) is 6.64. The number of fused-ring (bicyclic) bond motifs is 1. The third-order valence-electron chi connectivity index (χ3n) is 3.73. The molecular weight excluding hydrogens is 248 g/mol. The third kappa shape index (κ3) is 3.20. The number of rotatable bonds is 5. The summed E-state index contributed by atoms with van der Waals surface area (Å²) in [5.41, 5.74) is 8.92. The van der Waals surface area contributed by atoms with Gasteiger partial charge in [0.2, 0.25) is 0 Å². The van der Waals surface area contributed by atoms with Crippen LogP contribution in [-0.4, -0.2) is 36.1 Å². The first-order chi connectivity index (χ1) is 9.49. The number of nitrogens with one attached hydrogen (secondary N) is 1. The number of nitrogen functional groups attached to an aromatic ring is 1. The number of aromatic nitrogens is 1. The van der Waals surface area contributed by atoms with Gasteiger partial charge in [-0.25, -0.2) is 0 Å². The van der Waals surface area contributed by atoms with E-state index in [-0.39, 0.29) is 0 Å². The molecule has 2 rings (SSSR count). The number of likely N-dealkylation sites (N-methyl/N-ethyl adjacent to an activating group) is 1. The highest BCUT2D eigenvalue weighted by atomic mass is 15.1. The van der Waals surface area contributed by atoms with Crippen molar-refractivity contribution in [1.29, 1.82) is 0 Å². The van der Waals surface area contributed by atoms with Crippen molar-refractivity contribution in [3.63, 3.8) is 0 Å². The lowest BCUT2D eigenvalue weighted by Crippen LogP contribution is -2.31. The van der Waals surface area contributed by atoms with E-state index in [9.17, 15) is 0 Å². The summed E-state index contributed by atoms with van der Waals surface area (Å²) in [5.74, 6) is 0. The summed E-state index contributed by atoms with van der Waals surface area (Å²) in [6.45, 7) is 8.32. The maximum atomic E-state index is 6.02. The summed E-state index contributed by atoms with van der Waals surface area (Å²) < 4.78 is 0. The maximum Gasteiger partial charge on any atom is 0.0423 e. The molecule has 0 atom stereocenters. The van der Waals surface area contributed by atoms with Gasteiger partial charge in [0.25, 0.3) is 0 Å². The number of benzene rings is 1. The van der Waals surface area contributed by atoms with Crippen molar-refractivity contribution >= 4 is 22.1 Å². The third-order valence-corrected chi connectivity index (χ3v) is 3.73. The van der Waals surface area contributed by atoms with Crippen LogP contribution in [0.1, 0.15) is 19.5 Å². The first-order valence-corrected chi connectivity index (χ1v) is 7.08. The molecule has 0 fully saturated rings. The van der Waals surface area contributed by atoms with E-state index in [1.165, 1.54) is 0 Å². The number of hydrogen-bond donors (Lipinski definition) is 2. The molecule has 1 aromatic carbocycles. The highest BCUT2D eigenvalue weighted by Crippen LogP contribution is 2.28. The van der Waals surface area contributed by atoms with Gasteiger partial charge in [0.1, 0.15) is 0 Å². The molecule has 0 aliphatic rings. The van der Waals surface area contributed by atoms with Gasteiger partial charge in [-0.2, -0.15) is 0 Å². The lowest BCUT2D eigenvalue weighted by atomic mass is 10.1. The van der Waals surface area contributed by atoms with E-state index in [0.717, 1.165) is 40.9 Å². The maximum absolute atomic E-state index is 6.02. The Morgan fingerprint density at radius 1 is 1.30 bits per heavy atom. The molecule has 0 aliphatic carbocycles. The first-order valence-electron chi connectivity index (χ1n) is 7.08. The van der Waals surface area contributed by atoms with Crippen molar-refractivity contribution in [3.8, 4) is 0 Å². The monoisotopic (exact) mass is 272 g/mol. The van der Waals surface area contributed by atoms with E-state index < -0.39 is 0 Å². The fourth-order valence-electron chi connectivity index (χ4n) is 2.14. The molecule has 0 unspecified atom stereocenters. The molecule has 0 radical (unpaired) electrons. The van der Waals surface area contributed by atoms with Crippen LogP contribution in [0.15, 0.2) is 24.4 Å². The summed E-state index contributed by atoms with van der Waals surface area (Å²) in [7, 11) is 2.14. The average molecular weight is 272 g/mol. The number of hydrogen-bond acceptors (Lipinski definition) is 4. The highest BCUT2D eigenvalue weighted by Gasteiger charge is 2.06. The Labute approximate surface area is 121 Å². The second-order valence-corrected chi connectivity index (χ2v) is 5.57. The number of aryl methyl sites for hydroxylation is 1. The van der Waals surface area contributed by atoms with Gasteiger partial charge < -0.3 is 16.0 Å². The molecule has 108 valence electrons. The largest absolute Gasteiger partial charge is 0.398 e. The van der Waals surface area contributed by atoms with E-state index in [0.29, 0.717) is 6.04 Å². The van der Waals surface area contributed by atoms with Crippen LogP contribution in [0.5, 0.6) is 0 Å². The van der Waals surface area contributed by atoms with Gasteiger partial charge in [0, 0.05) is 53.2 Å². The summed E-state index contributed by atoms with van der Waals surface area (Å²) in [6, 6.07) is 6.63. The van der Waals surface area contributed by atoms with Crippen LogP contribution in [0.25, 0.3) is 10.8 Å². The van der Waals surface area contributed by atoms with Crippen LogP contribution in [0.3, 0.4) is 0 Å². The van der Waals surface area contributed by atoms with Crippen molar-refractivity contribution in [2.75, 3.05) is 31.2 Å². The van der Waals surface area contributed by atoms with Crippen molar-refractivity contribution in [1.82, 2.24) is 9.88 Å². The van der Waals surface area contributed by atoms with Gasteiger partial charge in [0.05, 0.1) is 0 Å². The predicted molar refractivity (Wildman–Crippen MR) is 87.1 cm³/mol. The molecule has 0 amide bonds. The second kappa shape index (κ2) is 6.09. The zero-order valence-electron chi connectivity index (χ0n) is 12.8. The number of anilines is 2. The van der Waals surface area contributed by atoms with E-state index in [2.05, 4.69) is 42.2 Å². The Kier molecular flexibility index (Phi) is 4.45. The van der Waals surface area contributed by atoms with Crippen LogP contribution in [0.2, 0.25) is 0 Å². The predicted octanol–water partition coefficient (Wildman–Crippen LogP) is 2.88. The van der Waals surface area contributed by atoms with Gasteiger partial charge in [-0.15, -0.1) is 0 Å². The topological polar surface area (TPSA) is 54.2 Å². The van der Waals surface area contributed by atoms with Crippen molar-refractivity contribution in [2.45, 2.75) is 26.8 Å². The van der Waals surface area contributed by atoms with Crippen molar-refractivity contribution in [3.05, 3.63) is 30.1 Å². The lowest BCUT2D eigenvalue weighted by molar-refractivity contribution is 0.284. The van der Waals surface area contributed by atoms with Gasteiger partial charge in [-0.05, 0) is 46.0 Å². The fourth-order valence-corrected chi connectivity index (χ4v) is 2.14. The van der Waals surface area contributed by atoms with Crippen molar-refractivity contribution < 1.29 is 0 Å². The Morgan fingerprint density at radius 3 is 2.75 bits per heavy atom. The second-order valence-electron chi connectivity index (χ2n) is 5.57. The molecule has 3 N–H and O–H groups in total. The Hall–Kier alpha value is -1.81. The highest BCUT2D eigenvalue weighted by molar-refractivity contribution is 6.00. The van der Waals surface area contributed by atoms with E-state index in [4.69, 9.17) is 5.73 Å². The zero-order valence-corrected chi connectivity index (χ0v) is 12.8. The standard InChI is InChI=1S/C16H24N4/c1-11(2)20(4)8-7-18-16-6-5-15(17)14-10-19-12(3)9-13(14)16/h5-6,9-11,18H,7-8,17H2,1-4H3. The van der Waals surface area contributed by atoms with Crippen LogP contribution in [0.4, 0.5) is 11.4 Å². The summed E-state index contributed by atoms with van der Waals surface area (Å²) in [6.07, 6.45) is 1.85. The van der Waals surface area contributed by atoms with Gasteiger partial charge in [-0.3, -0.25) is 4.98 Å². The molecule has 1 aromatic heterocycles. The SMILES string of the molecule is Cc1cc2c(NCCN(C)C(C)C)ccc(N)c2cn1. The molecular formula is C16H24N4. The molecule has 4 nitrogen and oxygen atoms in total. The molecule has 0 spiro atoms. The van der Waals surface area contributed by atoms with Gasteiger partial charge >= 0.3 is 0 Å². The molecule has 2 aromatic rings. The molecule has 4 heteroatoms. The number of nitrogens with zero attached hydrogens (tertiary/aromatic N) is 2. The molecule has 0 saturated carbocycles. The number of nitrogens with two attached hydrogens (primary N) is 1. The molecule has 1 heterocycles. The van der Waals surface area contributed by atoms with Gasteiger partial charge in [-0.1, -0.05) is 0 Å². The van der Waals surface area contributed by atoms with E-state index >= 15 is 0 Å². The zero-order chi connectivity index (χ0) is 14.7. The van der Waals surface area contributed by atoms with Crippen molar-refractivity contribution in [2.24, 2.45) is 0 Å². The minimum Gasteiger partial charge on any atom is -0.398 e. The van der Waals surface area contributed by atoms with Crippen LogP contribution in [-0.2, 0) is 0 Å². The molecule has 0 saturated heterocycles.